The lowest BCUT2D eigenvalue weighted by Gasteiger charge is -2.23. The van der Waals surface area contributed by atoms with Crippen molar-refractivity contribution in [2.45, 2.75) is 32.4 Å². The monoisotopic (exact) mass is 325 g/mol. The average molecular weight is 325 g/mol. The Bertz CT molecular complexity index is 766. The SMILES string of the molecule is Cc1cc(-c2ncc[nH]2)nc([C@H]2CCCN2Cc2ccsc2)n1. The first-order valence-corrected chi connectivity index (χ1v) is 8.84. The summed E-state index contributed by atoms with van der Waals surface area (Å²) >= 11 is 1.75. The molecule has 1 aliphatic rings. The quantitative estimate of drug-likeness (QED) is 0.796. The molecule has 4 heterocycles. The summed E-state index contributed by atoms with van der Waals surface area (Å²) in [5.41, 5.74) is 3.24. The van der Waals surface area contributed by atoms with Crippen LogP contribution in [0.1, 0.15) is 36.0 Å². The standard InChI is InChI=1S/C17H19N5S/c1-12-9-14(16-18-5-6-19-16)21-17(20-12)15-3-2-7-22(15)10-13-4-8-23-11-13/h4-6,8-9,11,15H,2-3,7,10H2,1H3,(H,18,19)/t15-/m1/s1. The Morgan fingerprint density at radius 3 is 3.13 bits per heavy atom. The van der Waals surface area contributed by atoms with Crippen LogP contribution < -0.4 is 0 Å². The van der Waals surface area contributed by atoms with Gasteiger partial charge in [-0.2, -0.15) is 11.3 Å². The molecule has 0 bridgehead atoms. The number of hydrogen-bond donors (Lipinski definition) is 1. The van der Waals surface area contributed by atoms with Crippen molar-refractivity contribution >= 4 is 11.3 Å². The summed E-state index contributed by atoms with van der Waals surface area (Å²) < 4.78 is 0. The van der Waals surface area contributed by atoms with Gasteiger partial charge in [0, 0.05) is 24.6 Å². The van der Waals surface area contributed by atoms with E-state index in [-0.39, 0.29) is 0 Å². The third kappa shape index (κ3) is 3.04. The summed E-state index contributed by atoms with van der Waals surface area (Å²) in [6.45, 7) is 4.10. The lowest BCUT2D eigenvalue weighted by molar-refractivity contribution is 0.240. The second-order valence-corrected chi connectivity index (χ2v) is 6.73. The number of nitrogens with zero attached hydrogens (tertiary/aromatic N) is 4. The number of nitrogens with one attached hydrogen (secondary N) is 1. The molecule has 3 aromatic heterocycles. The van der Waals surface area contributed by atoms with Crippen LogP contribution in [0.3, 0.4) is 0 Å². The third-order valence-corrected chi connectivity index (χ3v) is 4.97. The third-order valence-electron chi connectivity index (χ3n) is 4.24. The van der Waals surface area contributed by atoms with Gasteiger partial charge in [0.25, 0.3) is 0 Å². The average Bonchev–Trinajstić information content (AvgIpc) is 3.30. The normalized spacial score (nSPS) is 18.6. The van der Waals surface area contributed by atoms with Crippen molar-refractivity contribution in [2.75, 3.05) is 6.54 Å². The minimum atomic E-state index is 0.295. The molecule has 6 heteroatoms. The van der Waals surface area contributed by atoms with Gasteiger partial charge in [-0.15, -0.1) is 0 Å². The fourth-order valence-electron chi connectivity index (χ4n) is 3.19. The van der Waals surface area contributed by atoms with E-state index in [2.05, 4.69) is 31.7 Å². The number of imidazole rings is 1. The van der Waals surface area contributed by atoms with E-state index < -0.39 is 0 Å². The van der Waals surface area contributed by atoms with Crippen LogP contribution in [0, 0.1) is 6.92 Å². The Morgan fingerprint density at radius 1 is 1.39 bits per heavy atom. The van der Waals surface area contributed by atoms with Crippen LogP contribution in [0.5, 0.6) is 0 Å². The summed E-state index contributed by atoms with van der Waals surface area (Å²) in [5.74, 6) is 1.73. The Kier molecular flexibility index (Phi) is 3.93. The fourth-order valence-corrected chi connectivity index (χ4v) is 3.85. The van der Waals surface area contributed by atoms with Crippen LogP contribution in [-0.4, -0.2) is 31.4 Å². The zero-order valence-corrected chi connectivity index (χ0v) is 13.9. The molecular formula is C17H19N5S. The summed E-state index contributed by atoms with van der Waals surface area (Å²) in [6.07, 6.45) is 5.89. The number of aromatic nitrogens is 4. The van der Waals surface area contributed by atoms with Crippen molar-refractivity contribution in [1.29, 1.82) is 0 Å². The lowest BCUT2D eigenvalue weighted by Crippen LogP contribution is -2.24. The van der Waals surface area contributed by atoms with E-state index in [1.807, 2.05) is 19.2 Å². The van der Waals surface area contributed by atoms with E-state index >= 15 is 0 Å². The number of hydrogen-bond acceptors (Lipinski definition) is 5. The molecule has 5 nitrogen and oxygen atoms in total. The van der Waals surface area contributed by atoms with Gasteiger partial charge in [0.05, 0.1) is 6.04 Å². The van der Waals surface area contributed by atoms with E-state index in [1.165, 1.54) is 12.0 Å². The molecule has 1 N–H and O–H groups in total. The molecule has 1 aliphatic heterocycles. The van der Waals surface area contributed by atoms with E-state index in [4.69, 9.17) is 9.97 Å². The minimum absolute atomic E-state index is 0.295. The predicted molar refractivity (Wildman–Crippen MR) is 91.1 cm³/mol. The second kappa shape index (κ2) is 6.22. The number of thiophene rings is 1. The van der Waals surface area contributed by atoms with Crippen LogP contribution in [0.25, 0.3) is 11.5 Å². The van der Waals surface area contributed by atoms with Crippen molar-refractivity contribution < 1.29 is 0 Å². The molecule has 0 aliphatic carbocycles. The number of aryl methyl sites for hydroxylation is 1. The van der Waals surface area contributed by atoms with Gasteiger partial charge < -0.3 is 4.98 Å². The van der Waals surface area contributed by atoms with Gasteiger partial charge in [-0.25, -0.2) is 15.0 Å². The van der Waals surface area contributed by atoms with Gasteiger partial charge in [0.15, 0.2) is 5.82 Å². The lowest BCUT2D eigenvalue weighted by atomic mass is 10.2. The van der Waals surface area contributed by atoms with Gasteiger partial charge >= 0.3 is 0 Å². The topological polar surface area (TPSA) is 57.7 Å². The molecule has 4 rings (SSSR count). The van der Waals surface area contributed by atoms with Crippen LogP contribution in [0.4, 0.5) is 0 Å². The van der Waals surface area contributed by atoms with E-state index in [9.17, 15) is 0 Å². The number of likely N-dealkylation sites (tertiary alicyclic amines) is 1. The van der Waals surface area contributed by atoms with Crippen molar-refractivity contribution in [1.82, 2.24) is 24.8 Å². The van der Waals surface area contributed by atoms with Crippen LogP contribution >= 0.6 is 11.3 Å². The fraction of sp³-hybridized carbons (Fsp3) is 0.353. The molecule has 23 heavy (non-hydrogen) atoms. The molecule has 0 unspecified atom stereocenters. The summed E-state index contributed by atoms with van der Waals surface area (Å²) in [7, 11) is 0. The smallest absolute Gasteiger partial charge is 0.156 e. The highest BCUT2D eigenvalue weighted by Crippen LogP contribution is 2.32. The van der Waals surface area contributed by atoms with Crippen molar-refractivity contribution in [3.63, 3.8) is 0 Å². The van der Waals surface area contributed by atoms with E-state index in [0.29, 0.717) is 6.04 Å². The molecule has 1 atom stereocenters. The Hall–Kier alpha value is -2.05. The number of rotatable bonds is 4. The maximum Gasteiger partial charge on any atom is 0.156 e. The van der Waals surface area contributed by atoms with Crippen LogP contribution in [-0.2, 0) is 6.54 Å². The van der Waals surface area contributed by atoms with Gasteiger partial charge in [-0.3, -0.25) is 4.90 Å². The molecule has 0 saturated carbocycles. The van der Waals surface area contributed by atoms with Gasteiger partial charge in [-0.1, -0.05) is 0 Å². The summed E-state index contributed by atoms with van der Waals surface area (Å²) in [4.78, 5) is 19.4. The Morgan fingerprint density at radius 2 is 2.35 bits per heavy atom. The molecular weight excluding hydrogens is 306 g/mol. The van der Waals surface area contributed by atoms with Crippen LogP contribution in [0.15, 0.2) is 35.3 Å². The summed E-state index contributed by atoms with van der Waals surface area (Å²) in [6, 6.07) is 4.48. The first-order chi connectivity index (χ1) is 11.3. The molecule has 0 spiro atoms. The molecule has 1 saturated heterocycles. The highest BCUT2D eigenvalue weighted by Gasteiger charge is 2.29. The van der Waals surface area contributed by atoms with Gasteiger partial charge in [0.2, 0.25) is 0 Å². The van der Waals surface area contributed by atoms with Crippen molar-refractivity contribution in [2.24, 2.45) is 0 Å². The maximum atomic E-state index is 4.79. The predicted octanol–water partition coefficient (Wildman–Crippen LogP) is 3.57. The van der Waals surface area contributed by atoms with E-state index in [1.54, 1.807) is 17.5 Å². The second-order valence-electron chi connectivity index (χ2n) is 5.95. The van der Waals surface area contributed by atoms with Gasteiger partial charge in [-0.05, 0) is 54.8 Å². The Balaban J connectivity index is 1.63. The number of aromatic amines is 1. The number of H-pyrrole nitrogens is 1. The zero-order chi connectivity index (χ0) is 15.6. The van der Waals surface area contributed by atoms with Crippen molar-refractivity contribution in [3.8, 4) is 11.5 Å². The molecule has 1 fully saturated rings. The zero-order valence-electron chi connectivity index (χ0n) is 13.1. The first-order valence-electron chi connectivity index (χ1n) is 7.90. The Labute approximate surface area is 139 Å². The maximum absolute atomic E-state index is 4.79. The van der Waals surface area contributed by atoms with Crippen molar-refractivity contribution in [3.05, 3.63) is 52.4 Å². The molecule has 118 valence electrons. The highest BCUT2D eigenvalue weighted by molar-refractivity contribution is 7.07. The van der Waals surface area contributed by atoms with Crippen LogP contribution in [0.2, 0.25) is 0 Å². The largest absolute Gasteiger partial charge is 0.343 e. The first kappa shape index (κ1) is 14.5. The van der Waals surface area contributed by atoms with Gasteiger partial charge in [0.1, 0.15) is 11.5 Å². The highest BCUT2D eigenvalue weighted by atomic mass is 32.1. The molecule has 0 aromatic carbocycles. The molecule has 0 radical (unpaired) electrons. The molecule has 3 aromatic rings. The summed E-state index contributed by atoms with van der Waals surface area (Å²) in [5, 5.41) is 4.36. The molecule has 0 amide bonds. The minimum Gasteiger partial charge on any atom is -0.343 e. The van der Waals surface area contributed by atoms with E-state index in [0.717, 1.165) is 42.5 Å².